The normalized spacial score (nSPS) is 14.7. The Morgan fingerprint density at radius 3 is 1.80 bits per heavy atom. The van der Waals surface area contributed by atoms with Crippen molar-refractivity contribution >= 4 is 0 Å². The van der Waals surface area contributed by atoms with Crippen LogP contribution in [0.4, 0.5) is 8.78 Å². The van der Waals surface area contributed by atoms with Crippen molar-refractivity contribution in [1.29, 1.82) is 0 Å². The number of alkyl halides is 2. The summed E-state index contributed by atoms with van der Waals surface area (Å²) in [6.07, 6.45) is -1.21. The maximum absolute atomic E-state index is 11.8. The topological polar surface area (TPSA) is 0 Å². The highest BCUT2D eigenvalue weighted by Gasteiger charge is 2.15. The van der Waals surface area contributed by atoms with E-state index in [-0.39, 0.29) is 12.3 Å². The van der Waals surface area contributed by atoms with Crippen LogP contribution >= 0.6 is 0 Å². The van der Waals surface area contributed by atoms with E-state index < -0.39 is 6.43 Å². The standard InChI is InChI=1S/C8H16F2/c1-4-7(6(2)3)5-8(9)10/h6-8H,4-5H2,1-3H3. The lowest BCUT2D eigenvalue weighted by Crippen LogP contribution is -2.11. The Hall–Kier alpha value is -0.140. The number of hydrogen-bond acceptors (Lipinski definition) is 0. The Kier molecular flexibility index (Phi) is 4.58. The van der Waals surface area contributed by atoms with Gasteiger partial charge in [-0.25, -0.2) is 8.78 Å². The molecular weight excluding hydrogens is 134 g/mol. The van der Waals surface area contributed by atoms with Gasteiger partial charge < -0.3 is 0 Å². The third-order valence-corrected chi connectivity index (χ3v) is 1.95. The van der Waals surface area contributed by atoms with Crippen LogP contribution < -0.4 is 0 Å². The predicted molar refractivity (Wildman–Crippen MR) is 39.2 cm³/mol. The molecule has 0 aromatic carbocycles. The molecule has 0 heterocycles. The van der Waals surface area contributed by atoms with Gasteiger partial charge in [0.2, 0.25) is 6.43 Å². The Balaban J connectivity index is 3.60. The second kappa shape index (κ2) is 4.64. The fourth-order valence-corrected chi connectivity index (χ4v) is 1.14. The highest BCUT2D eigenvalue weighted by molar-refractivity contribution is 4.61. The second-order valence-corrected chi connectivity index (χ2v) is 3.04. The monoisotopic (exact) mass is 150 g/mol. The van der Waals surface area contributed by atoms with Gasteiger partial charge in [0.25, 0.3) is 0 Å². The quantitative estimate of drug-likeness (QED) is 0.576. The average Bonchev–Trinajstić information content (AvgIpc) is 1.81. The molecule has 2 heteroatoms. The van der Waals surface area contributed by atoms with Gasteiger partial charge in [-0.05, 0) is 11.8 Å². The van der Waals surface area contributed by atoms with Crippen molar-refractivity contribution in [3.05, 3.63) is 0 Å². The van der Waals surface area contributed by atoms with Gasteiger partial charge in [-0.3, -0.25) is 0 Å². The minimum Gasteiger partial charge on any atom is -0.211 e. The molecule has 0 aliphatic rings. The molecular formula is C8H16F2. The van der Waals surface area contributed by atoms with Gasteiger partial charge in [-0.15, -0.1) is 0 Å². The Bertz CT molecular complexity index is 79.3. The largest absolute Gasteiger partial charge is 0.238 e. The summed E-state index contributed by atoms with van der Waals surface area (Å²) in [7, 11) is 0. The van der Waals surface area contributed by atoms with E-state index >= 15 is 0 Å². The molecule has 0 aromatic heterocycles. The van der Waals surface area contributed by atoms with E-state index in [2.05, 4.69) is 0 Å². The molecule has 0 spiro atoms. The number of hydrogen-bond donors (Lipinski definition) is 0. The summed E-state index contributed by atoms with van der Waals surface area (Å²) in [5, 5.41) is 0. The van der Waals surface area contributed by atoms with Gasteiger partial charge in [0.1, 0.15) is 0 Å². The Labute approximate surface area is 61.6 Å². The minimum atomic E-state index is -2.13. The molecule has 0 N–H and O–H groups in total. The van der Waals surface area contributed by atoms with Crippen LogP contribution in [-0.4, -0.2) is 6.43 Å². The summed E-state index contributed by atoms with van der Waals surface area (Å²) >= 11 is 0. The van der Waals surface area contributed by atoms with Crippen LogP contribution in [0.3, 0.4) is 0 Å². The molecule has 62 valence electrons. The lowest BCUT2D eigenvalue weighted by atomic mass is 9.90. The molecule has 0 amide bonds. The zero-order chi connectivity index (χ0) is 8.15. The van der Waals surface area contributed by atoms with Crippen LogP contribution in [0.2, 0.25) is 0 Å². The second-order valence-electron chi connectivity index (χ2n) is 3.04. The smallest absolute Gasteiger partial charge is 0.211 e. The Morgan fingerprint density at radius 2 is 1.70 bits per heavy atom. The van der Waals surface area contributed by atoms with Gasteiger partial charge in [0.05, 0.1) is 0 Å². The van der Waals surface area contributed by atoms with Crippen LogP contribution in [-0.2, 0) is 0 Å². The van der Waals surface area contributed by atoms with E-state index in [1.165, 1.54) is 0 Å². The molecule has 0 aliphatic carbocycles. The fourth-order valence-electron chi connectivity index (χ4n) is 1.14. The van der Waals surface area contributed by atoms with E-state index in [0.717, 1.165) is 6.42 Å². The molecule has 10 heavy (non-hydrogen) atoms. The summed E-state index contributed by atoms with van der Waals surface area (Å²) in [5.41, 5.74) is 0. The van der Waals surface area contributed by atoms with Crippen molar-refractivity contribution in [3.8, 4) is 0 Å². The van der Waals surface area contributed by atoms with Crippen molar-refractivity contribution in [2.24, 2.45) is 11.8 Å². The third kappa shape index (κ3) is 3.80. The molecule has 0 nitrogen and oxygen atoms in total. The van der Waals surface area contributed by atoms with Crippen LogP contribution in [0.15, 0.2) is 0 Å². The van der Waals surface area contributed by atoms with Crippen LogP contribution in [0, 0.1) is 11.8 Å². The first-order valence-electron chi connectivity index (χ1n) is 3.86. The van der Waals surface area contributed by atoms with Crippen molar-refractivity contribution in [1.82, 2.24) is 0 Å². The van der Waals surface area contributed by atoms with Crippen molar-refractivity contribution in [3.63, 3.8) is 0 Å². The summed E-state index contributed by atoms with van der Waals surface area (Å²) in [5.74, 6) is 0.582. The zero-order valence-corrected chi connectivity index (χ0v) is 6.90. The van der Waals surface area contributed by atoms with Crippen molar-refractivity contribution < 1.29 is 8.78 Å². The predicted octanol–water partition coefficient (Wildman–Crippen LogP) is 3.32. The maximum Gasteiger partial charge on any atom is 0.238 e. The van der Waals surface area contributed by atoms with Crippen LogP contribution in [0.1, 0.15) is 33.6 Å². The van der Waals surface area contributed by atoms with Crippen molar-refractivity contribution in [2.45, 2.75) is 40.0 Å². The van der Waals surface area contributed by atoms with E-state index in [0.29, 0.717) is 5.92 Å². The Morgan fingerprint density at radius 1 is 1.20 bits per heavy atom. The highest BCUT2D eigenvalue weighted by Crippen LogP contribution is 2.22. The molecule has 0 aromatic rings. The SMILES string of the molecule is CCC(CC(F)F)C(C)C. The van der Waals surface area contributed by atoms with Gasteiger partial charge in [-0.2, -0.15) is 0 Å². The molecule has 0 saturated heterocycles. The first-order chi connectivity index (χ1) is 4.57. The first-order valence-corrected chi connectivity index (χ1v) is 3.86. The number of rotatable bonds is 4. The van der Waals surface area contributed by atoms with Gasteiger partial charge >= 0.3 is 0 Å². The van der Waals surface area contributed by atoms with Gasteiger partial charge in [-0.1, -0.05) is 27.2 Å². The molecule has 0 rings (SSSR count). The summed E-state index contributed by atoms with van der Waals surface area (Å²) in [6.45, 7) is 5.96. The minimum absolute atomic E-state index is 0.0637. The lowest BCUT2D eigenvalue weighted by molar-refractivity contribution is 0.101. The molecule has 0 aliphatic heterocycles. The number of halogens is 2. The summed E-state index contributed by atoms with van der Waals surface area (Å²) in [6, 6.07) is 0. The van der Waals surface area contributed by atoms with Gasteiger partial charge in [0.15, 0.2) is 0 Å². The molecule has 1 atom stereocenters. The molecule has 0 bridgehead atoms. The maximum atomic E-state index is 11.8. The van der Waals surface area contributed by atoms with E-state index in [4.69, 9.17) is 0 Å². The zero-order valence-electron chi connectivity index (χ0n) is 6.90. The summed E-state index contributed by atoms with van der Waals surface area (Å²) < 4.78 is 23.7. The lowest BCUT2D eigenvalue weighted by Gasteiger charge is -2.17. The highest BCUT2D eigenvalue weighted by atomic mass is 19.3. The van der Waals surface area contributed by atoms with E-state index in [9.17, 15) is 8.78 Å². The fraction of sp³-hybridized carbons (Fsp3) is 1.00. The molecule has 1 unspecified atom stereocenters. The third-order valence-electron chi connectivity index (χ3n) is 1.95. The molecule has 0 radical (unpaired) electrons. The van der Waals surface area contributed by atoms with Crippen molar-refractivity contribution in [2.75, 3.05) is 0 Å². The molecule has 0 fully saturated rings. The van der Waals surface area contributed by atoms with E-state index in [1.54, 1.807) is 0 Å². The summed E-state index contributed by atoms with van der Waals surface area (Å²) in [4.78, 5) is 0. The first kappa shape index (κ1) is 9.86. The molecule has 0 saturated carbocycles. The van der Waals surface area contributed by atoms with Crippen LogP contribution in [0.5, 0.6) is 0 Å². The van der Waals surface area contributed by atoms with E-state index in [1.807, 2.05) is 20.8 Å². The van der Waals surface area contributed by atoms with Gasteiger partial charge in [0, 0.05) is 6.42 Å². The van der Waals surface area contributed by atoms with Crippen LogP contribution in [0.25, 0.3) is 0 Å². The average molecular weight is 150 g/mol.